The van der Waals surface area contributed by atoms with Gasteiger partial charge in [-0.3, -0.25) is 0 Å². The highest BCUT2D eigenvalue weighted by Crippen LogP contribution is 2.36. The molecule has 5 aromatic carbocycles. The number of hydrogen-bond acceptors (Lipinski definition) is 5. The van der Waals surface area contributed by atoms with Crippen molar-refractivity contribution in [1.82, 2.24) is 0 Å². The molecule has 5 nitrogen and oxygen atoms in total. The van der Waals surface area contributed by atoms with Crippen LogP contribution in [0.2, 0.25) is 0 Å². The summed E-state index contributed by atoms with van der Waals surface area (Å²) in [6, 6.07) is 43.3. The van der Waals surface area contributed by atoms with Crippen LogP contribution in [0, 0.1) is 0 Å². The first kappa shape index (κ1) is 28.8. The van der Waals surface area contributed by atoms with Gasteiger partial charge in [-0.15, -0.1) is 0 Å². The monoisotopic (exact) mass is 565 g/mol. The molecule has 0 spiro atoms. The average Bonchev–Trinajstić information content (AvgIpc) is 3.08. The molecule has 0 aliphatic carbocycles. The van der Waals surface area contributed by atoms with Gasteiger partial charge in [0.1, 0.15) is 0 Å². The van der Waals surface area contributed by atoms with Crippen LogP contribution in [0.3, 0.4) is 0 Å². The molecule has 0 aromatic heterocycles. The summed E-state index contributed by atoms with van der Waals surface area (Å²) in [4.78, 5) is 25.2. The number of benzene rings is 5. The third-order valence-electron chi connectivity index (χ3n) is 6.98. The summed E-state index contributed by atoms with van der Waals surface area (Å²) < 4.78 is 9.40. The number of ether oxygens (including phenoxy) is 2. The summed E-state index contributed by atoms with van der Waals surface area (Å²) in [5.41, 5.74) is 9.29. The van der Waals surface area contributed by atoms with Gasteiger partial charge in [0.2, 0.25) is 0 Å². The molecule has 0 bridgehead atoms. The van der Waals surface area contributed by atoms with Gasteiger partial charge in [-0.1, -0.05) is 91.0 Å². The maximum absolute atomic E-state index is 11.5. The molecule has 0 amide bonds. The maximum atomic E-state index is 11.5. The SMILES string of the molecule is COC(=O)C=Cc1ccc(N(c2ccc(C=CC(=O)OC)cc2)c2ccc(-c3ccc(-c4ccccc4)cc3)cc2)cc1. The van der Waals surface area contributed by atoms with E-state index in [9.17, 15) is 9.59 Å². The molecule has 0 aliphatic rings. The molecular formula is C38H31NO4. The van der Waals surface area contributed by atoms with E-state index in [0.29, 0.717) is 0 Å². The molecule has 0 radical (unpaired) electrons. The van der Waals surface area contributed by atoms with Gasteiger partial charge in [-0.2, -0.15) is 0 Å². The third-order valence-corrected chi connectivity index (χ3v) is 6.98. The normalized spacial score (nSPS) is 11.0. The Hall–Kier alpha value is -5.68. The molecule has 5 rings (SSSR count). The van der Waals surface area contributed by atoms with Crippen molar-refractivity contribution < 1.29 is 19.1 Å². The van der Waals surface area contributed by atoms with Crippen LogP contribution >= 0.6 is 0 Å². The van der Waals surface area contributed by atoms with E-state index in [1.807, 2.05) is 66.7 Å². The molecule has 5 aromatic rings. The van der Waals surface area contributed by atoms with E-state index < -0.39 is 11.9 Å². The van der Waals surface area contributed by atoms with Crippen molar-refractivity contribution in [3.63, 3.8) is 0 Å². The molecule has 0 fully saturated rings. The molecule has 212 valence electrons. The van der Waals surface area contributed by atoms with E-state index in [2.05, 4.69) is 65.6 Å². The number of carbonyl (C=O) groups excluding carboxylic acids is 2. The van der Waals surface area contributed by atoms with Gasteiger partial charge in [-0.25, -0.2) is 9.59 Å². The van der Waals surface area contributed by atoms with Crippen LogP contribution in [0.25, 0.3) is 34.4 Å². The number of rotatable bonds is 9. The zero-order valence-electron chi connectivity index (χ0n) is 24.0. The van der Waals surface area contributed by atoms with Gasteiger partial charge < -0.3 is 14.4 Å². The number of methoxy groups -OCH3 is 2. The molecule has 0 saturated carbocycles. The summed E-state index contributed by atoms with van der Waals surface area (Å²) in [5, 5.41) is 0. The molecule has 0 unspecified atom stereocenters. The van der Waals surface area contributed by atoms with Crippen molar-refractivity contribution in [1.29, 1.82) is 0 Å². The highest BCUT2D eigenvalue weighted by molar-refractivity contribution is 5.88. The van der Waals surface area contributed by atoms with E-state index in [0.717, 1.165) is 39.3 Å². The summed E-state index contributed by atoms with van der Waals surface area (Å²) >= 11 is 0. The van der Waals surface area contributed by atoms with Crippen molar-refractivity contribution in [2.75, 3.05) is 19.1 Å². The molecule has 0 saturated heterocycles. The lowest BCUT2D eigenvalue weighted by atomic mass is 10.00. The van der Waals surface area contributed by atoms with Gasteiger partial charge in [0.15, 0.2) is 0 Å². The number of esters is 2. The lowest BCUT2D eigenvalue weighted by Crippen LogP contribution is -2.09. The smallest absolute Gasteiger partial charge is 0.330 e. The Morgan fingerprint density at radius 1 is 0.465 bits per heavy atom. The van der Waals surface area contributed by atoms with Crippen LogP contribution in [-0.4, -0.2) is 26.2 Å². The van der Waals surface area contributed by atoms with Crippen LogP contribution in [0.1, 0.15) is 11.1 Å². The minimum absolute atomic E-state index is 0.401. The standard InChI is InChI=1S/C38H31NO4/c1-42-37(40)26-12-28-8-20-34(21-9-28)39(35-22-10-29(11-23-35)13-27-38(41)43-2)36-24-18-33(19-25-36)32-16-14-31(15-17-32)30-6-4-3-5-7-30/h3-27H,1-2H3. The topological polar surface area (TPSA) is 55.8 Å². The Labute approximate surface area is 252 Å². The molecule has 0 heterocycles. The Balaban J connectivity index is 1.44. The van der Waals surface area contributed by atoms with Crippen molar-refractivity contribution in [3.8, 4) is 22.3 Å². The molecule has 43 heavy (non-hydrogen) atoms. The summed E-state index contributed by atoms with van der Waals surface area (Å²) in [6.07, 6.45) is 6.25. The first-order valence-electron chi connectivity index (χ1n) is 13.8. The first-order valence-corrected chi connectivity index (χ1v) is 13.8. The highest BCUT2D eigenvalue weighted by Gasteiger charge is 2.13. The van der Waals surface area contributed by atoms with Crippen molar-refractivity contribution >= 4 is 41.2 Å². The minimum Gasteiger partial charge on any atom is -0.466 e. The molecular weight excluding hydrogens is 534 g/mol. The van der Waals surface area contributed by atoms with Gasteiger partial charge >= 0.3 is 11.9 Å². The zero-order chi connectivity index (χ0) is 30.0. The van der Waals surface area contributed by atoms with E-state index >= 15 is 0 Å². The van der Waals surface area contributed by atoms with Crippen LogP contribution in [0.4, 0.5) is 17.1 Å². The second-order valence-electron chi connectivity index (χ2n) is 9.72. The fraction of sp³-hybridized carbons (Fsp3) is 0.0526. The Kier molecular flexibility index (Phi) is 9.25. The number of carbonyl (C=O) groups is 2. The predicted molar refractivity (Wildman–Crippen MR) is 174 cm³/mol. The third kappa shape index (κ3) is 7.34. The highest BCUT2D eigenvalue weighted by atomic mass is 16.5. The second-order valence-corrected chi connectivity index (χ2v) is 9.72. The maximum Gasteiger partial charge on any atom is 0.330 e. The largest absolute Gasteiger partial charge is 0.466 e. The van der Waals surface area contributed by atoms with Gasteiger partial charge in [0.25, 0.3) is 0 Å². The van der Waals surface area contributed by atoms with Crippen LogP contribution in [0.5, 0.6) is 0 Å². The van der Waals surface area contributed by atoms with Crippen LogP contribution in [-0.2, 0) is 19.1 Å². The summed E-state index contributed by atoms with van der Waals surface area (Å²) in [7, 11) is 2.71. The second kappa shape index (κ2) is 13.8. The van der Waals surface area contributed by atoms with Gasteiger partial charge in [-0.05, 0) is 81.9 Å². The van der Waals surface area contributed by atoms with E-state index in [1.165, 1.54) is 37.5 Å². The van der Waals surface area contributed by atoms with Crippen LogP contribution < -0.4 is 4.90 Å². The Bertz CT molecular complexity index is 1650. The fourth-order valence-corrected chi connectivity index (χ4v) is 4.67. The minimum atomic E-state index is -0.401. The van der Waals surface area contributed by atoms with Crippen molar-refractivity contribution in [3.05, 3.63) is 151 Å². The Morgan fingerprint density at radius 2 is 0.791 bits per heavy atom. The molecule has 0 N–H and O–H groups in total. The zero-order valence-corrected chi connectivity index (χ0v) is 24.0. The van der Waals surface area contributed by atoms with Crippen molar-refractivity contribution in [2.45, 2.75) is 0 Å². The van der Waals surface area contributed by atoms with E-state index in [-0.39, 0.29) is 0 Å². The predicted octanol–water partition coefficient (Wildman–Crippen LogP) is 8.86. The molecule has 0 aliphatic heterocycles. The number of hydrogen-bond donors (Lipinski definition) is 0. The number of anilines is 3. The molecule has 0 atom stereocenters. The summed E-state index contributed by atoms with van der Waals surface area (Å²) in [6.45, 7) is 0. The lowest BCUT2D eigenvalue weighted by Gasteiger charge is -2.26. The van der Waals surface area contributed by atoms with Gasteiger partial charge in [0.05, 0.1) is 14.2 Å². The van der Waals surface area contributed by atoms with Crippen molar-refractivity contribution in [2.24, 2.45) is 0 Å². The lowest BCUT2D eigenvalue weighted by molar-refractivity contribution is -0.135. The average molecular weight is 566 g/mol. The Morgan fingerprint density at radius 3 is 1.16 bits per heavy atom. The van der Waals surface area contributed by atoms with Gasteiger partial charge in [0, 0.05) is 29.2 Å². The van der Waals surface area contributed by atoms with Crippen LogP contribution in [0.15, 0.2) is 140 Å². The quantitative estimate of drug-likeness (QED) is 0.132. The first-order chi connectivity index (χ1) is 21.0. The fourth-order valence-electron chi connectivity index (χ4n) is 4.67. The summed E-state index contributed by atoms with van der Waals surface area (Å²) in [5.74, 6) is -0.802. The molecule has 5 heteroatoms. The van der Waals surface area contributed by atoms with E-state index in [4.69, 9.17) is 9.47 Å². The van der Waals surface area contributed by atoms with E-state index in [1.54, 1.807) is 12.2 Å². The number of nitrogens with zero attached hydrogens (tertiary/aromatic N) is 1.